The van der Waals surface area contributed by atoms with Gasteiger partial charge in [0.15, 0.2) is 0 Å². The summed E-state index contributed by atoms with van der Waals surface area (Å²) < 4.78 is 0. The summed E-state index contributed by atoms with van der Waals surface area (Å²) in [7, 11) is 0. The maximum atomic E-state index is 9.33. The predicted molar refractivity (Wildman–Crippen MR) is 92.9 cm³/mol. The first-order valence-corrected chi connectivity index (χ1v) is 9.20. The minimum Gasteiger partial charge on any atom is -0.396 e. The van der Waals surface area contributed by atoms with Crippen molar-refractivity contribution in [2.24, 2.45) is 0 Å². The fourth-order valence-corrected chi connectivity index (χ4v) is 2.15. The summed E-state index contributed by atoms with van der Waals surface area (Å²) in [6.07, 6.45) is 11.3. The fourth-order valence-electron chi connectivity index (χ4n) is 2.15. The van der Waals surface area contributed by atoms with Gasteiger partial charge in [0, 0.05) is 13.2 Å². The van der Waals surface area contributed by atoms with Gasteiger partial charge in [-0.15, -0.1) is 0 Å². The first-order chi connectivity index (χ1) is 10.6. The van der Waals surface area contributed by atoms with Crippen molar-refractivity contribution in [2.75, 3.05) is 13.2 Å². The second kappa shape index (κ2) is 20.8. The molecule has 0 aliphatic carbocycles. The summed E-state index contributed by atoms with van der Waals surface area (Å²) in [5.74, 6) is 0. The van der Waals surface area contributed by atoms with Crippen molar-refractivity contribution in [3.63, 3.8) is 0 Å². The Morgan fingerprint density at radius 3 is 1.14 bits per heavy atom. The van der Waals surface area contributed by atoms with Crippen molar-refractivity contribution in [2.45, 2.75) is 103 Å². The molecule has 0 saturated heterocycles. The Morgan fingerprint density at radius 2 is 0.864 bits per heavy atom. The zero-order valence-corrected chi connectivity index (χ0v) is 14.8. The van der Waals surface area contributed by atoms with E-state index < -0.39 is 0 Å². The van der Waals surface area contributed by atoms with Gasteiger partial charge in [0.25, 0.3) is 0 Å². The lowest BCUT2D eigenvalue weighted by Gasteiger charge is -2.08. The molecule has 0 radical (unpaired) electrons. The Kier molecular flexibility index (Phi) is 22.8. The first-order valence-electron chi connectivity index (χ1n) is 9.20. The van der Waals surface area contributed by atoms with E-state index >= 15 is 0 Å². The molecule has 0 aromatic carbocycles. The number of rotatable bonds is 14. The van der Waals surface area contributed by atoms with Gasteiger partial charge >= 0.3 is 0 Å². The normalized spacial score (nSPS) is 13.4. The van der Waals surface area contributed by atoms with Gasteiger partial charge in [-0.2, -0.15) is 0 Å². The van der Waals surface area contributed by atoms with E-state index in [9.17, 15) is 10.2 Å². The summed E-state index contributed by atoms with van der Waals surface area (Å²) in [5.41, 5.74) is 0. The van der Waals surface area contributed by atoms with Gasteiger partial charge < -0.3 is 20.4 Å². The molecule has 2 atom stereocenters. The van der Waals surface area contributed by atoms with Gasteiger partial charge in [0.05, 0.1) is 12.2 Å². The molecule has 0 fully saturated rings. The maximum absolute atomic E-state index is 9.33. The monoisotopic (exact) mass is 320 g/mol. The van der Waals surface area contributed by atoms with Crippen LogP contribution in [0.5, 0.6) is 0 Å². The van der Waals surface area contributed by atoms with E-state index in [1.54, 1.807) is 0 Å². The highest BCUT2D eigenvalue weighted by Crippen LogP contribution is 2.08. The third-order valence-electron chi connectivity index (χ3n) is 3.67. The second-order valence-corrected chi connectivity index (χ2v) is 6.03. The van der Waals surface area contributed by atoms with Crippen molar-refractivity contribution in [1.29, 1.82) is 0 Å². The minimum absolute atomic E-state index is 0.138. The van der Waals surface area contributed by atoms with Crippen LogP contribution in [0.4, 0.5) is 0 Å². The Bertz CT molecular complexity index is 168. The van der Waals surface area contributed by atoms with E-state index in [0.717, 1.165) is 77.0 Å². The fraction of sp³-hybridized carbons (Fsp3) is 1.00. The molecule has 4 heteroatoms. The molecular weight excluding hydrogens is 280 g/mol. The average Bonchev–Trinajstić information content (AvgIpc) is 2.52. The van der Waals surface area contributed by atoms with Gasteiger partial charge in [0.1, 0.15) is 0 Å². The largest absolute Gasteiger partial charge is 0.396 e. The molecule has 2 unspecified atom stereocenters. The quantitative estimate of drug-likeness (QED) is 0.370. The third-order valence-corrected chi connectivity index (χ3v) is 3.67. The molecule has 0 rings (SSSR count). The van der Waals surface area contributed by atoms with Gasteiger partial charge in [-0.1, -0.05) is 39.5 Å². The average molecular weight is 321 g/mol. The number of hydrogen-bond donors (Lipinski definition) is 4. The first kappa shape index (κ1) is 24.1. The van der Waals surface area contributed by atoms with Crippen LogP contribution in [-0.2, 0) is 0 Å². The molecular formula is C18H40O4. The lowest BCUT2D eigenvalue weighted by atomic mass is 10.1. The van der Waals surface area contributed by atoms with E-state index in [-0.39, 0.29) is 25.4 Å². The molecule has 0 aromatic rings. The lowest BCUT2D eigenvalue weighted by molar-refractivity contribution is 0.144. The van der Waals surface area contributed by atoms with Crippen LogP contribution in [0.1, 0.15) is 90.9 Å². The van der Waals surface area contributed by atoms with Crippen molar-refractivity contribution in [3.8, 4) is 0 Å². The molecule has 0 aliphatic heterocycles. The molecule has 0 aliphatic rings. The molecule has 4 N–H and O–H groups in total. The molecule has 22 heavy (non-hydrogen) atoms. The van der Waals surface area contributed by atoms with E-state index in [4.69, 9.17) is 10.2 Å². The molecule has 0 aromatic heterocycles. The number of aliphatic hydroxyl groups excluding tert-OH is 4. The van der Waals surface area contributed by atoms with Crippen molar-refractivity contribution in [3.05, 3.63) is 0 Å². The van der Waals surface area contributed by atoms with E-state index in [1.807, 2.05) is 0 Å². The summed E-state index contributed by atoms with van der Waals surface area (Å²) in [6, 6.07) is 0. The van der Waals surface area contributed by atoms with Crippen LogP contribution in [0.25, 0.3) is 0 Å². The Balaban J connectivity index is 0. The van der Waals surface area contributed by atoms with Crippen LogP contribution in [0, 0.1) is 0 Å². The van der Waals surface area contributed by atoms with Crippen LogP contribution in [-0.4, -0.2) is 45.8 Å². The Morgan fingerprint density at radius 1 is 0.545 bits per heavy atom. The van der Waals surface area contributed by atoms with Crippen molar-refractivity contribution < 1.29 is 20.4 Å². The smallest absolute Gasteiger partial charge is 0.0540 e. The number of unbranched alkanes of at least 4 members (excludes halogenated alkanes) is 4. The van der Waals surface area contributed by atoms with Crippen LogP contribution in [0.15, 0.2) is 0 Å². The molecule has 0 amide bonds. The predicted octanol–water partition coefficient (Wildman–Crippen LogP) is 3.40. The molecule has 0 heterocycles. The van der Waals surface area contributed by atoms with Gasteiger partial charge in [-0.25, -0.2) is 0 Å². The zero-order chi connectivity index (χ0) is 17.1. The Labute approximate surface area is 137 Å². The summed E-state index contributed by atoms with van der Waals surface area (Å²) in [6.45, 7) is 4.75. The molecule has 0 spiro atoms. The molecule has 0 saturated carbocycles. The summed E-state index contributed by atoms with van der Waals surface area (Å²) >= 11 is 0. The van der Waals surface area contributed by atoms with Crippen LogP contribution in [0.3, 0.4) is 0 Å². The topological polar surface area (TPSA) is 80.9 Å². The summed E-state index contributed by atoms with van der Waals surface area (Å²) in [4.78, 5) is 0. The zero-order valence-electron chi connectivity index (χ0n) is 14.8. The minimum atomic E-state index is -0.138. The van der Waals surface area contributed by atoms with Gasteiger partial charge in [-0.05, 0) is 51.4 Å². The molecule has 136 valence electrons. The standard InChI is InChI=1S/2C9H20O2/c2*1-2-3-6-9(11)7-4-5-8-10/h2*9-11H,2-8H2,1H3. The SMILES string of the molecule is CCCCC(O)CCCCO.CCCCC(O)CCCCO. The second-order valence-electron chi connectivity index (χ2n) is 6.03. The molecule has 4 nitrogen and oxygen atoms in total. The maximum Gasteiger partial charge on any atom is 0.0540 e. The van der Waals surface area contributed by atoms with Crippen LogP contribution < -0.4 is 0 Å². The van der Waals surface area contributed by atoms with E-state index in [0.29, 0.717) is 0 Å². The van der Waals surface area contributed by atoms with Crippen molar-refractivity contribution >= 4 is 0 Å². The highest BCUT2D eigenvalue weighted by molar-refractivity contribution is 4.55. The lowest BCUT2D eigenvalue weighted by Crippen LogP contribution is -2.05. The van der Waals surface area contributed by atoms with Crippen LogP contribution >= 0.6 is 0 Å². The number of hydrogen-bond acceptors (Lipinski definition) is 4. The molecule has 0 bridgehead atoms. The highest BCUT2D eigenvalue weighted by Gasteiger charge is 2.02. The van der Waals surface area contributed by atoms with Crippen LogP contribution in [0.2, 0.25) is 0 Å². The van der Waals surface area contributed by atoms with Gasteiger partial charge in [-0.3, -0.25) is 0 Å². The van der Waals surface area contributed by atoms with E-state index in [1.165, 1.54) is 0 Å². The highest BCUT2D eigenvalue weighted by atomic mass is 16.3. The number of aliphatic hydroxyl groups is 4. The Hall–Kier alpha value is -0.160. The summed E-state index contributed by atoms with van der Waals surface area (Å²) in [5, 5.41) is 35.6. The third kappa shape index (κ3) is 22.1. The van der Waals surface area contributed by atoms with Crippen molar-refractivity contribution in [1.82, 2.24) is 0 Å². The van der Waals surface area contributed by atoms with E-state index in [2.05, 4.69) is 13.8 Å². The van der Waals surface area contributed by atoms with Gasteiger partial charge in [0.2, 0.25) is 0 Å².